The van der Waals surface area contributed by atoms with Crippen molar-refractivity contribution in [2.24, 2.45) is 10.9 Å². The molecule has 198 valence electrons. The lowest BCUT2D eigenvalue weighted by Crippen LogP contribution is -2.46. The van der Waals surface area contributed by atoms with Gasteiger partial charge in [-0.2, -0.15) is 0 Å². The molecule has 0 spiro atoms. The van der Waals surface area contributed by atoms with Gasteiger partial charge in [-0.1, -0.05) is 12.8 Å². The van der Waals surface area contributed by atoms with E-state index in [9.17, 15) is 14.4 Å². The summed E-state index contributed by atoms with van der Waals surface area (Å²) in [6, 6.07) is 7.00. The van der Waals surface area contributed by atoms with Gasteiger partial charge in [-0.25, -0.2) is 4.99 Å². The zero-order valence-electron chi connectivity index (χ0n) is 21.6. The van der Waals surface area contributed by atoms with Crippen molar-refractivity contribution in [3.05, 3.63) is 30.0 Å². The Hall–Kier alpha value is -3.36. The molecule has 2 N–H and O–H groups in total. The van der Waals surface area contributed by atoms with Gasteiger partial charge in [0.25, 0.3) is 0 Å². The highest BCUT2D eigenvalue weighted by atomic mass is 16.3. The summed E-state index contributed by atoms with van der Waals surface area (Å²) >= 11 is 0. The number of furan rings is 1. The van der Waals surface area contributed by atoms with E-state index in [0.29, 0.717) is 13.0 Å². The Morgan fingerprint density at radius 2 is 1.73 bits per heavy atom. The number of amides is 3. The smallest absolute Gasteiger partial charge is 0.247 e. The average molecular weight is 508 g/mol. The first-order chi connectivity index (χ1) is 18.0. The van der Waals surface area contributed by atoms with Crippen LogP contribution in [0.3, 0.4) is 0 Å². The largest absolute Gasteiger partial charge is 0.461 e. The van der Waals surface area contributed by atoms with Gasteiger partial charge in [-0.15, -0.1) is 0 Å². The third-order valence-electron chi connectivity index (χ3n) is 7.69. The number of fused-ring (bicyclic) bond motifs is 1. The molecular formula is C28H37N5O4. The van der Waals surface area contributed by atoms with Crippen molar-refractivity contribution < 1.29 is 18.8 Å². The van der Waals surface area contributed by atoms with Crippen LogP contribution in [0, 0.1) is 12.8 Å². The first kappa shape index (κ1) is 25.3. The van der Waals surface area contributed by atoms with Gasteiger partial charge in [0.1, 0.15) is 17.4 Å². The van der Waals surface area contributed by atoms with Crippen LogP contribution in [0.25, 0.3) is 11.0 Å². The van der Waals surface area contributed by atoms with Gasteiger partial charge in [0.15, 0.2) is 0 Å². The quantitative estimate of drug-likeness (QED) is 0.473. The summed E-state index contributed by atoms with van der Waals surface area (Å²) in [5, 5.41) is 7.18. The maximum Gasteiger partial charge on any atom is 0.247 e. The van der Waals surface area contributed by atoms with Crippen LogP contribution in [0.4, 0.5) is 5.69 Å². The number of benzene rings is 1. The average Bonchev–Trinajstić information content (AvgIpc) is 3.64. The highest BCUT2D eigenvalue weighted by molar-refractivity contribution is 6.06. The van der Waals surface area contributed by atoms with Crippen molar-refractivity contribution >= 4 is 40.3 Å². The highest BCUT2D eigenvalue weighted by Gasteiger charge is 2.31. The first-order valence-corrected chi connectivity index (χ1v) is 13.7. The molecule has 5 rings (SSSR count). The molecule has 3 heterocycles. The number of hydrogen-bond donors (Lipinski definition) is 2. The maximum absolute atomic E-state index is 13.5. The van der Waals surface area contributed by atoms with Gasteiger partial charge < -0.3 is 19.5 Å². The highest BCUT2D eigenvalue weighted by Crippen LogP contribution is 2.26. The Kier molecular flexibility index (Phi) is 7.76. The van der Waals surface area contributed by atoms with Crippen LogP contribution < -0.4 is 10.6 Å². The number of aliphatic imine (C=N–C) groups is 1. The number of carbonyl (C=O) groups is 3. The predicted octanol–water partition coefficient (Wildman–Crippen LogP) is 3.82. The number of likely N-dealkylation sites (tertiary alicyclic amines) is 2. The molecule has 9 heteroatoms. The summed E-state index contributed by atoms with van der Waals surface area (Å²) in [6.45, 7) is 4.09. The SMILES string of the molecule is Cc1cc2cc(NC(=NC3CCCCN(CC(=O)N4CCCC4)C3=O)NC(=O)C3CCCC3)ccc2o1. The van der Waals surface area contributed by atoms with E-state index < -0.39 is 6.04 Å². The molecule has 1 aromatic carbocycles. The van der Waals surface area contributed by atoms with Crippen molar-refractivity contribution in [3.63, 3.8) is 0 Å². The minimum Gasteiger partial charge on any atom is -0.461 e. The van der Waals surface area contributed by atoms with E-state index >= 15 is 0 Å². The minimum atomic E-state index is -0.653. The van der Waals surface area contributed by atoms with Crippen molar-refractivity contribution in [2.45, 2.75) is 70.8 Å². The van der Waals surface area contributed by atoms with Crippen LogP contribution in [0.5, 0.6) is 0 Å². The fraction of sp³-hybridized carbons (Fsp3) is 0.571. The second-order valence-corrected chi connectivity index (χ2v) is 10.5. The fourth-order valence-electron chi connectivity index (χ4n) is 5.64. The Morgan fingerprint density at radius 3 is 2.51 bits per heavy atom. The van der Waals surface area contributed by atoms with Gasteiger partial charge in [0.05, 0.1) is 6.54 Å². The van der Waals surface area contributed by atoms with E-state index in [-0.39, 0.29) is 36.1 Å². The van der Waals surface area contributed by atoms with Crippen LogP contribution in [0.2, 0.25) is 0 Å². The standard InChI is InChI=1S/C28H37N5O4/c1-19-16-21-17-22(11-12-24(21)37-19)29-28(31-26(35)20-8-2-3-9-20)30-23-10-4-5-15-33(27(23)36)18-25(34)32-13-6-7-14-32/h11-12,16-17,20,23H,2-10,13-15,18H2,1H3,(H2,29,30,31,35). The zero-order chi connectivity index (χ0) is 25.8. The van der Waals surface area contributed by atoms with E-state index in [0.717, 1.165) is 86.9 Å². The van der Waals surface area contributed by atoms with Crippen LogP contribution in [-0.4, -0.2) is 65.7 Å². The summed E-state index contributed by atoms with van der Waals surface area (Å²) < 4.78 is 5.68. The van der Waals surface area contributed by atoms with Crippen molar-refractivity contribution in [3.8, 4) is 0 Å². The third kappa shape index (κ3) is 6.14. The fourth-order valence-corrected chi connectivity index (χ4v) is 5.64. The molecule has 37 heavy (non-hydrogen) atoms. The van der Waals surface area contributed by atoms with E-state index in [1.54, 1.807) is 4.90 Å². The lowest BCUT2D eigenvalue weighted by molar-refractivity contribution is -0.140. The normalized spacial score (nSPS) is 21.5. The van der Waals surface area contributed by atoms with Crippen LogP contribution in [-0.2, 0) is 14.4 Å². The Bertz CT molecular complexity index is 1180. The van der Waals surface area contributed by atoms with Gasteiger partial charge in [-0.05, 0) is 76.1 Å². The van der Waals surface area contributed by atoms with Crippen LogP contribution in [0.1, 0.15) is 63.5 Å². The molecule has 3 fully saturated rings. The molecule has 2 aromatic rings. The number of nitrogens with one attached hydrogen (secondary N) is 2. The molecule has 1 aromatic heterocycles. The molecule has 3 aliphatic rings. The van der Waals surface area contributed by atoms with Crippen molar-refractivity contribution in [1.82, 2.24) is 15.1 Å². The Morgan fingerprint density at radius 1 is 1.00 bits per heavy atom. The molecule has 1 aliphatic carbocycles. The lowest BCUT2D eigenvalue weighted by atomic mass is 10.1. The Labute approximate surface area is 217 Å². The molecule has 2 saturated heterocycles. The van der Waals surface area contributed by atoms with Crippen molar-refractivity contribution in [2.75, 3.05) is 31.5 Å². The molecule has 2 aliphatic heterocycles. The number of rotatable bonds is 5. The topological polar surface area (TPSA) is 107 Å². The maximum atomic E-state index is 13.5. The first-order valence-electron chi connectivity index (χ1n) is 13.7. The van der Waals surface area contributed by atoms with E-state index in [1.165, 1.54) is 0 Å². The van der Waals surface area contributed by atoms with E-state index in [1.807, 2.05) is 36.1 Å². The second kappa shape index (κ2) is 11.4. The predicted molar refractivity (Wildman–Crippen MR) is 142 cm³/mol. The minimum absolute atomic E-state index is 0.00655. The van der Waals surface area contributed by atoms with Gasteiger partial charge in [0.2, 0.25) is 23.7 Å². The van der Waals surface area contributed by atoms with Gasteiger partial charge in [0, 0.05) is 36.6 Å². The lowest BCUT2D eigenvalue weighted by Gasteiger charge is -2.25. The Balaban J connectivity index is 1.36. The molecule has 0 bridgehead atoms. The number of carbonyl (C=O) groups excluding carboxylic acids is 3. The van der Waals surface area contributed by atoms with Crippen molar-refractivity contribution in [1.29, 1.82) is 0 Å². The summed E-state index contributed by atoms with van der Waals surface area (Å²) in [7, 11) is 0. The zero-order valence-corrected chi connectivity index (χ0v) is 21.6. The third-order valence-corrected chi connectivity index (χ3v) is 7.69. The summed E-state index contributed by atoms with van der Waals surface area (Å²) in [5.41, 5.74) is 1.54. The number of nitrogens with zero attached hydrogens (tertiary/aromatic N) is 3. The van der Waals surface area contributed by atoms with Gasteiger partial charge in [-0.3, -0.25) is 19.7 Å². The molecule has 3 amide bonds. The molecule has 0 radical (unpaired) electrons. The molecule has 1 saturated carbocycles. The molecule has 1 atom stereocenters. The number of guanidine groups is 1. The summed E-state index contributed by atoms with van der Waals surface area (Å²) in [5.74, 6) is 0.856. The summed E-state index contributed by atoms with van der Waals surface area (Å²) in [6.07, 6.45) is 8.13. The van der Waals surface area contributed by atoms with Crippen LogP contribution >= 0.6 is 0 Å². The monoisotopic (exact) mass is 507 g/mol. The van der Waals surface area contributed by atoms with E-state index in [2.05, 4.69) is 10.6 Å². The molecule has 9 nitrogen and oxygen atoms in total. The van der Waals surface area contributed by atoms with E-state index in [4.69, 9.17) is 9.41 Å². The second-order valence-electron chi connectivity index (χ2n) is 10.5. The number of hydrogen-bond acceptors (Lipinski definition) is 5. The number of anilines is 1. The molecular weight excluding hydrogens is 470 g/mol. The summed E-state index contributed by atoms with van der Waals surface area (Å²) in [4.78, 5) is 47.5. The molecule has 1 unspecified atom stereocenters. The number of aryl methyl sites for hydroxylation is 1. The van der Waals surface area contributed by atoms with Gasteiger partial charge >= 0.3 is 0 Å². The van der Waals surface area contributed by atoms with Crippen LogP contribution in [0.15, 0.2) is 33.7 Å².